The van der Waals surface area contributed by atoms with E-state index in [1.165, 1.54) is 43.6 Å². The van der Waals surface area contributed by atoms with Gasteiger partial charge in [0, 0.05) is 30.8 Å². The lowest BCUT2D eigenvalue weighted by Crippen LogP contribution is -2.08. The first-order chi connectivity index (χ1) is 12.5. The van der Waals surface area contributed by atoms with Gasteiger partial charge in [-0.15, -0.1) is 0 Å². The second-order valence-electron chi connectivity index (χ2n) is 6.96. The van der Waals surface area contributed by atoms with E-state index in [2.05, 4.69) is 28.5 Å². The molecule has 0 saturated heterocycles. The van der Waals surface area contributed by atoms with Gasteiger partial charge in [-0.2, -0.15) is 0 Å². The SMILES string of the molecule is O=C(O)C=CC(=O)O.c1cc(C2CC2)c(C2CC2)cc1NC1=NCCC1. The zero-order valence-corrected chi connectivity index (χ0v) is 14.6. The van der Waals surface area contributed by atoms with E-state index in [0.717, 1.165) is 24.8 Å². The number of nitrogens with one attached hydrogen (secondary N) is 1. The zero-order valence-electron chi connectivity index (χ0n) is 14.6. The third kappa shape index (κ3) is 5.44. The van der Waals surface area contributed by atoms with E-state index in [-0.39, 0.29) is 0 Å². The van der Waals surface area contributed by atoms with E-state index in [1.807, 2.05) is 0 Å². The summed E-state index contributed by atoms with van der Waals surface area (Å²) in [7, 11) is 0. The van der Waals surface area contributed by atoms with Crippen LogP contribution in [0.4, 0.5) is 5.69 Å². The van der Waals surface area contributed by atoms with Gasteiger partial charge in [0.1, 0.15) is 5.84 Å². The lowest BCUT2D eigenvalue weighted by Gasteiger charge is -2.12. The van der Waals surface area contributed by atoms with Gasteiger partial charge in [-0.05, 0) is 67.2 Å². The summed E-state index contributed by atoms with van der Waals surface area (Å²) >= 11 is 0. The minimum atomic E-state index is -1.26. The molecule has 1 aromatic carbocycles. The average Bonchev–Trinajstić information content (AvgIpc) is 3.52. The molecule has 2 fully saturated rings. The average molecular weight is 356 g/mol. The van der Waals surface area contributed by atoms with Crippen molar-refractivity contribution in [1.29, 1.82) is 0 Å². The standard InChI is InChI=1S/C16H20N2.C4H4O4/c1-2-16(17-9-1)18-13-7-8-14(11-3-4-11)15(10-13)12-5-6-12;5-3(6)1-2-4(7)8/h7-8,10-12H,1-6,9H2,(H,17,18);1-2H,(H,5,6)(H,7,8). The fourth-order valence-corrected chi connectivity index (χ4v) is 3.12. The monoisotopic (exact) mass is 356 g/mol. The van der Waals surface area contributed by atoms with Crippen molar-refractivity contribution in [2.24, 2.45) is 4.99 Å². The number of carbonyl (C=O) groups is 2. The van der Waals surface area contributed by atoms with Gasteiger partial charge < -0.3 is 15.5 Å². The van der Waals surface area contributed by atoms with Crippen molar-refractivity contribution in [3.8, 4) is 0 Å². The summed E-state index contributed by atoms with van der Waals surface area (Å²) in [6.45, 7) is 0.998. The molecule has 0 unspecified atom stereocenters. The Morgan fingerprint density at radius 2 is 1.62 bits per heavy atom. The number of carboxylic acids is 2. The summed E-state index contributed by atoms with van der Waals surface area (Å²) in [5, 5.41) is 19.1. The normalized spacial score (nSPS) is 18.8. The molecule has 6 nitrogen and oxygen atoms in total. The molecule has 0 radical (unpaired) electrons. The van der Waals surface area contributed by atoms with Crippen molar-refractivity contribution >= 4 is 23.5 Å². The maximum atomic E-state index is 9.55. The fourth-order valence-electron chi connectivity index (χ4n) is 3.12. The quantitative estimate of drug-likeness (QED) is 0.698. The highest BCUT2D eigenvalue weighted by Gasteiger charge is 2.32. The Labute approximate surface area is 152 Å². The molecule has 0 spiro atoms. The molecule has 0 bridgehead atoms. The van der Waals surface area contributed by atoms with Crippen LogP contribution in [0.1, 0.15) is 61.5 Å². The van der Waals surface area contributed by atoms with Crippen LogP contribution < -0.4 is 5.32 Å². The highest BCUT2D eigenvalue weighted by molar-refractivity contribution is 5.96. The number of rotatable bonds is 5. The van der Waals surface area contributed by atoms with Crippen LogP contribution in [0.3, 0.4) is 0 Å². The molecule has 3 N–H and O–H groups in total. The summed E-state index contributed by atoms with van der Waals surface area (Å²) < 4.78 is 0. The molecule has 3 aliphatic rings. The minimum absolute atomic E-state index is 0.558. The Balaban J connectivity index is 0.000000211. The van der Waals surface area contributed by atoms with Crippen LogP contribution in [0.2, 0.25) is 0 Å². The van der Waals surface area contributed by atoms with E-state index in [4.69, 9.17) is 10.2 Å². The Morgan fingerprint density at radius 1 is 1.00 bits per heavy atom. The molecule has 2 aliphatic carbocycles. The van der Waals surface area contributed by atoms with Crippen LogP contribution in [-0.4, -0.2) is 34.5 Å². The molecule has 4 rings (SSSR count). The molecule has 2 saturated carbocycles. The Hall–Kier alpha value is -2.63. The second kappa shape index (κ2) is 8.17. The van der Waals surface area contributed by atoms with Crippen molar-refractivity contribution in [1.82, 2.24) is 0 Å². The van der Waals surface area contributed by atoms with E-state index >= 15 is 0 Å². The van der Waals surface area contributed by atoms with Crippen LogP contribution in [0.25, 0.3) is 0 Å². The highest BCUT2D eigenvalue weighted by atomic mass is 16.4. The zero-order chi connectivity index (χ0) is 18.5. The number of benzene rings is 1. The lowest BCUT2D eigenvalue weighted by atomic mass is 9.98. The van der Waals surface area contributed by atoms with Gasteiger partial charge >= 0.3 is 11.9 Å². The maximum absolute atomic E-state index is 9.55. The van der Waals surface area contributed by atoms with E-state index < -0.39 is 11.9 Å². The highest BCUT2D eigenvalue weighted by Crippen LogP contribution is 2.49. The Kier molecular flexibility index (Phi) is 5.71. The lowest BCUT2D eigenvalue weighted by molar-refractivity contribution is -0.134. The maximum Gasteiger partial charge on any atom is 0.328 e. The summed E-state index contributed by atoms with van der Waals surface area (Å²) in [5.74, 6) is 0.391. The fraction of sp³-hybridized carbons (Fsp3) is 0.450. The van der Waals surface area contributed by atoms with Gasteiger partial charge in [-0.3, -0.25) is 4.99 Å². The minimum Gasteiger partial charge on any atom is -0.478 e. The molecule has 6 heteroatoms. The smallest absolute Gasteiger partial charge is 0.328 e. The van der Waals surface area contributed by atoms with Gasteiger partial charge in [0.2, 0.25) is 0 Å². The van der Waals surface area contributed by atoms with Gasteiger partial charge in [0.25, 0.3) is 0 Å². The first kappa shape index (κ1) is 18.2. The number of anilines is 1. The van der Waals surface area contributed by atoms with Crippen molar-refractivity contribution in [3.63, 3.8) is 0 Å². The molecule has 1 aromatic rings. The van der Waals surface area contributed by atoms with Crippen molar-refractivity contribution in [3.05, 3.63) is 41.5 Å². The first-order valence-electron chi connectivity index (χ1n) is 9.11. The Bertz CT molecular complexity index is 730. The van der Waals surface area contributed by atoms with Crippen molar-refractivity contribution in [2.75, 3.05) is 11.9 Å². The predicted octanol–water partition coefficient (Wildman–Crippen LogP) is 3.76. The van der Waals surface area contributed by atoms with Crippen molar-refractivity contribution in [2.45, 2.75) is 50.4 Å². The predicted molar refractivity (Wildman–Crippen MR) is 100.0 cm³/mol. The number of aliphatic carboxylic acids is 2. The number of nitrogens with zero attached hydrogens (tertiary/aromatic N) is 1. The van der Waals surface area contributed by atoms with E-state index in [1.54, 1.807) is 11.1 Å². The number of hydrogen-bond donors (Lipinski definition) is 3. The number of hydrogen-bond acceptors (Lipinski definition) is 4. The van der Waals surface area contributed by atoms with Crippen LogP contribution >= 0.6 is 0 Å². The van der Waals surface area contributed by atoms with Crippen LogP contribution in [0.15, 0.2) is 35.3 Å². The number of carboxylic acid groups (broad SMARTS) is 2. The molecule has 0 aromatic heterocycles. The van der Waals surface area contributed by atoms with E-state index in [9.17, 15) is 9.59 Å². The Morgan fingerprint density at radius 3 is 2.12 bits per heavy atom. The molecule has 1 aliphatic heterocycles. The van der Waals surface area contributed by atoms with Crippen LogP contribution in [-0.2, 0) is 9.59 Å². The third-order valence-corrected chi connectivity index (χ3v) is 4.65. The van der Waals surface area contributed by atoms with Crippen LogP contribution in [0, 0.1) is 0 Å². The number of aliphatic imine (C=N–C) groups is 1. The molecular weight excluding hydrogens is 332 g/mol. The first-order valence-corrected chi connectivity index (χ1v) is 9.11. The second-order valence-corrected chi connectivity index (χ2v) is 6.96. The van der Waals surface area contributed by atoms with Gasteiger partial charge in [-0.25, -0.2) is 9.59 Å². The van der Waals surface area contributed by atoms with Crippen LogP contribution in [0.5, 0.6) is 0 Å². The van der Waals surface area contributed by atoms with Gasteiger partial charge in [0.05, 0.1) is 0 Å². The van der Waals surface area contributed by atoms with Gasteiger partial charge in [0.15, 0.2) is 0 Å². The summed E-state index contributed by atoms with van der Waals surface area (Å²) in [5.41, 5.74) is 4.51. The largest absolute Gasteiger partial charge is 0.478 e. The molecule has 1 heterocycles. The molecule has 0 atom stereocenters. The van der Waals surface area contributed by atoms with Gasteiger partial charge in [-0.1, -0.05) is 6.07 Å². The van der Waals surface area contributed by atoms with E-state index in [0.29, 0.717) is 12.2 Å². The third-order valence-electron chi connectivity index (χ3n) is 4.65. The number of amidine groups is 1. The summed E-state index contributed by atoms with van der Waals surface area (Å²) in [4.78, 5) is 23.6. The topological polar surface area (TPSA) is 99.0 Å². The molecule has 0 amide bonds. The van der Waals surface area contributed by atoms with Crippen molar-refractivity contribution < 1.29 is 19.8 Å². The summed E-state index contributed by atoms with van der Waals surface area (Å²) in [6.07, 6.45) is 9.03. The molecule has 138 valence electrons. The molecule has 26 heavy (non-hydrogen) atoms. The molecular formula is C20H24N2O4. The summed E-state index contributed by atoms with van der Waals surface area (Å²) in [6, 6.07) is 7.01.